The van der Waals surface area contributed by atoms with Crippen molar-refractivity contribution in [2.24, 2.45) is 0 Å². The van der Waals surface area contributed by atoms with Crippen molar-refractivity contribution in [2.45, 2.75) is 6.92 Å². The van der Waals surface area contributed by atoms with Gasteiger partial charge in [-0.25, -0.2) is 9.97 Å². The van der Waals surface area contributed by atoms with Crippen molar-refractivity contribution < 1.29 is 0 Å². The summed E-state index contributed by atoms with van der Waals surface area (Å²) in [4.78, 5) is 10.3. The normalized spacial score (nSPS) is 11.2. The van der Waals surface area contributed by atoms with Gasteiger partial charge in [0.2, 0.25) is 0 Å². The van der Waals surface area contributed by atoms with Gasteiger partial charge in [0.05, 0.1) is 21.6 Å². The second-order valence-corrected chi connectivity index (χ2v) is 8.99. The Kier molecular flexibility index (Phi) is 4.85. The first-order valence-electron chi connectivity index (χ1n) is 10.9. The molecule has 6 rings (SSSR count). The van der Waals surface area contributed by atoms with Gasteiger partial charge in [-0.05, 0) is 18.6 Å². The van der Waals surface area contributed by atoms with Gasteiger partial charge in [-0.15, -0.1) is 0 Å². The van der Waals surface area contributed by atoms with E-state index in [0.29, 0.717) is 0 Å². The highest BCUT2D eigenvalue weighted by molar-refractivity contribution is 7.20. The summed E-state index contributed by atoms with van der Waals surface area (Å²) in [6.07, 6.45) is 0. The maximum atomic E-state index is 5.23. The predicted molar refractivity (Wildman–Crippen MR) is 138 cm³/mol. The molecule has 4 aromatic carbocycles. The van der Waals surface area contributed by atoms with E-state index in [2.05, 4.69) is 102 Å². The Bertz CT molecular complexity index is 1550. The fourth-order valence-electron chi connectivity index (χ4n) is 4.22. The number of hydrogen-bond acceptors (Lipinski definition) is 3. The van der Waals surface area contributed by atoms with E-state index in [-0.39, 0.29) is 0 Å². The first kappa shape index (κ1) is 19.6. The molecule has 0 amide bonds. The van der Waals surface area contributed by atoms with Crippen LogP contribution in [0.25, 0.3) is 49.3 Å². The highest BCUT2D eigenvalue weighted by atomic mass is 32.1. The fraction of sp³-hybridized carbons (Fsp3) is 0.0345. The van der Waals surface area contributed by atoms with Crippen LogP contribution in [0.4, 0.5) is 0 Å². The zero-order chi connectivity index (χ0) is 22.2. The molecule has 0 N–H and O–H groups in total. The van der Waals surface area contributed by atoms with Crippen molar-refractivity contribution in [1.29, 1.82) is 0 Å². The Hall–Kier alpha value is -4.02. The Labute approximate surface area is 196 Å². The summed E-state index contributed by atoms with van der Waals surface area (Å²) in [5, 5.41) is 0.923. The number of para-hydroxylation sites is 1. The second-order valence-electron chi connectivity index (χ2n) is 7.98. The van der Waals surface area contributed by atoms with E-state index < -0.39 is 0 Å². The fourth-order valence-corrected chi connectivity index (χ4v) is 5.27. The largest absolute Gasteiger partial charge is 0.267 e. The topological polar surface area (TPSA) is 30.7 Å². The number of fused-ring (bicyclic) bond motifs is 1. The Morgan fingerprint density at radius 2 is 1.21 bits per heavy atom. The van der Waals surface area contributed by atoms with Crippen molar-refractivity contribution in [1.82, 2.24) is 14.5 Å². The minimum Gasteiger partial charge on any atom is -0.267 e. The van der Waals surface area contributed by atoms with Crippen LogP contribution in [0.15, 0.2) is 109 Å². The van der Waals surface area contributed by atoms with E-state index in [9.17, 15) is 0 Å². The van der Waals surface area contributed by atoms with Crippen LogP contribution < -0.4 is 0 Å². The van der Waals surface area contributed by atoms with Gasteiger partial charge in [0.1, 0.15) is 5.82 Å². The maximum absolute atomic E-state index is 5.23. The summed E-state index contributed by atoms with van der Waals surface area (Å²) in [5.41, 5.74) is 7.50. The summed E-state index contributed by atoms with van der Waals surface area (Å²) in [6.45, 7) is 2.12. The van der Waals surface area contributed by atoms with Crippen LogP contribution >= 0.6 is 11.3 Å². The van der Waals surface area contributed by atoms with Crippen molar-refractivity contribution in [3.8, 4) is 39.0 Å². The molecule has 2 heterocycles. The van der Waals surface area contributed by atoms with Crippen LogP contribution in [0.5, 0.6) is 0 Å². The third-order valence-electron chi connectivity index (χ3n) is 5.80. The summed E-state index contributed by atoms with van der Waals surface area (Å²) in [5.74, 6) is 0.894. The number of aryl methyl sites for hydroxylation is 1. The monoisotopic (exact) mass is 443 g/mol. The maximum Gasteiger partial charge on any atom is 0.196 e. The van der Waals surface area contributed by atoms with Crippen molar-refractivity contribution in [3.63, 3.8) is 0 Å². The lowest BCUT2D eigenvalue weighted by Gasteiger charge is -2.10. The molecule has 0 fully saturated rings. The molecular weight excluding hydrogens is 422 g/mol. The minimum absolute atomic E-state index is 0.894. The average molecular weight is 444 g/mol. The summed E-state index contributed by atoms with van der Waals surface area (Å²) < 4.78 is 3.41. The lowest BCUT2D eigenvalue weighted by atomic mass is 10.0. The van der Waals surface area contributed by atoms with E-state index in [1.807, 2.05) is 18.2 Å². The Morgan fingerprint density at radius 3 is 1.85 bits per heavy atom. The molecule has 0 aliphatic heterocycles. The van der Waals surface area contributed by atoms with Gasteiger partial charge >= 0.3 is 0 Å². The molecule has 33 heavy (non-hydrogen) atoms. The molecule has 6 aromatic rings. The molecule has 0 aliphatic rings. The molecule has 0 spiro atoms. The number of aromatic nitrogens is 3. The van der Waals surface area contributed by atoms with Crippen LogP contribution in [0.2, 0.25) is 0 Å². The van der Waals surface area contributed by atoms with Crippen LogP contribution in [0.1, 0.15) is 5.56 Å². The van der Waals surface area contributed by atoms with Gasteiger partial charge in [0.25, 0.3) is 0 Å². The van der Waals surface area contributed by atoms with Gasteiger partial charge in [-0.3, -0.25) is 4.57 Å². The highest BCUT2D eigenvalue weighted by Crippen LogP contribution is 2.40. The Morgan fingerprint density at radius 1 is 0.606 bits per heavy atom. The predicted octanol–water partition coefficient (Wildman–Crippen LogP) is 7.79. The number of nitrogens with zero attached hydrogens (tertiary/aromatic N) is 3. The smallest absolute Gasteiger partial charge is 0.196 e. The molecule has 158 valence electrons. The second kappa shape index (κ2) is 8.15. The minimum atomic E-state index is 0.894. The molecule has 0 unspecified atom stereocenters. The van der Waals surface area contributed by atoms with E-state index in [4.69, 9.17) is 9.97 Å². The lowest BCUT2D eigenvalue weighted by Crippen LogP contribution is -2.00. The number of hydrogen-bond donors (Lipinski definition) is 0. The molecule has 0 bridgehead atoms. The first-order chi connectivity index (χ1) is 16.3. The van der Waals surface area contributed by atoms with Gasteiger partial charge in [-0.2, -0.15) is 0 Å². The third kappa shape index (κ3) is 3.45. The molecule has 2 aromatic heterocycles. The van der Waals surface area contributed by atoms with Gasteiger partial charge in [0, 0.05) is 16.7 Å². The standard InChI is InChI=1S/C29H21N3S/c1-20-12-11-19-24-25(20)31-29(33-24)32-27(22-15-7-3-8-16-22)26(21-13-5-2-6-14-21)30-28(32)23-17-9-4-10-18-23/h2-19H,1H3. The molecule has 0 saturated carbocycles. The van der Waals surface area contributed by atoms with Crippen LogP contribution in [-0.2, 0) is 0 Å². The summed E-state index contributed by atoms with van der Waals surface area (Å²) in [6, 6.07) is 37.6. The zero-order valence-electron chi connectivity index (χ0n) is 18.1. The third-order valence-corrected chi connectivity index (χ3v) is 6.81. The van der Waals surface area contributed by atoms with E-state index in [1.54, 1.807) is 11.3 Å². The quantitative estimate of drug-likeness (QED) is 0.278. The number of rotatable bonds is 4. The molecule has 0 saturated heterocycles. The molecule has 0 atom stereocenters. The number of thiazole rings is 1. The molecular formula is C29H21N3S. The van der Waals surface area contributed by atoms with Gasteiger partial charge < -0.3 is 0 Å². The number of benzene rings is 4. The van der Waals surface area contributed by atoms with Crippen LogP contribution in [0.3, 0.4) is 0 Å². The van der Waals surface area contributed by atoms with Gasteiger partial charge in [-0.1, -0.05) is 114 Å². The van der Waals surface area contributed by atoms with Crippen LogP contribution in [0, 0.1) is 6.92 Å². The SMILES string of the molecule is Cc1cccc2sc(-n3c(-c4ccccc4)nc(-c4ccccc4)c3-c3ccccc3)nc12. The van der Waals surface area contributed by atoms with Gasteiger partial charge in [0.15, 0.2) is 5.13 Å². The van der Waals surface area contributed by atoms with E-state index >= 15 is 0 Å². The molecule has 0 radical (unpaired) electrons. The Balaban J connectivity index is 1.73. The van der Waals surface area contributed by atoms with E-state index in [0.717, 1.165) is 44.6 Å². The van der Waals surface area contributed by atoms with E-state index in [1.165, 1.54) is 10.3 Å². The first-order valence-corrected chi connectivity index (χ1v) is 11.8. The van der Waals surface area contributed by atoms with Crippen molar-refractivity contribution in [2.75, 3.05) is 0 Å². The van der Waals surface area contributed by atoms with Crippen molar-refractivity contribution in [3.05, 3.63) is 115 Å². The summed E-state index contributed by atoms with van der Waals surface area (Å²) >= 11 is 1.70. The average Bonchev–Trinajstić information content (AvgIpc) is 3.48. The highest BCUT2D eigenvalue weighted by Gasteiger charge is 2.24. The summed E-state index contributed by atoms with van der Waals surface area (Å²) in [7, 11) is 0. The molecule has 0 aliphatic carbocycles. The number of imidazole rings is 1. The van der Waals surface area contributed by atoms with Crippen LogP contribution in [-0.4, -0.2) is 14.5 Å². The van der Waals surface area contributed by atoms with Crippen molar-refractivity contribution >= 4 is 21.6 Å². The molecule has 4 heteroatoms. The molecule has 3 nitrogen and oxygen atoms in total. The zero-order valence-corrected chi connectivity index (χ0v) is 19.0. The lowest BCUT2D eigenvalue weighted by molar-refractivity contribution is 1.05.